The molecule has 0 aliphatic carbocycles. The molecule has 0 atom stereocenters. The molecule has 0 saturated heterocycles. The van der Waals surface area contributed by atoms with Crippen molar-refractivity contribution in [3.8, 4) is 5.75 Å². The monoisotopic (exact) mass is 352 g/mol. The predicted octanol–water partition coefficient (Wildman–Crippen LogP) is 1.19. The van der Waals surface area contributed by atoms with E-state index >= 15 is 0 Å². The minimum atomic E-state index is -0.659. The van der Waals surface area contributed by atoms with E-state index in [1.807, 2.05) is 36.5 Å². The molecule has 6 N–H and O–H groups in total. The van der Waals surface area contributed by atoms with E-state index < -0.39 is 5.91 Å². The van der Waals surface area contributed by atoms with Crippen molar-refractivity contribution >= 4 is 17.3 Å². The van der Waals surface area contributed by atoms with Crippen LogP contribution in [0.1, 0.15) is 27.2 Å². The van der Waals surface area contributed by atoms with Crippen molar-refractivity contribution in [2.75, 3.05) is 18.6 Å². The Balaban J connectivity index is 1.87. The highest BCUT2D eigenvalue weighted by Crippen LogP contribution is 2.35. The van der Waals surface area contributed by atoms with Crippen LogP contribution in [0.3, 0.4) is 0 Å². The second kappa shape index (κ2) is 7.14. The summed E-state index contributed by atoms with van der Waals surface area (Å²) in [6.45, 7) is 0.614. The van der Waals surface area contributed by atoms with Crippen LogP contribution in [-0.4, -0.2) is 28.0 Å². The highest BCUT2D eigenvalue weighted by molar-refractivity contribution is 6.01. The molecular weight excluding hydrogens is 332 g/mol. The van der Waals surface area contributed by atoms with E-state index in [2.05, 4.69) is 10.3 Å². The maximum Gasteiger partial charge on any atom is 0.251 e. The van der Waals surface area contributed by atoms with Gasteiger partial charge in [0.1, 0.15) is 5.75 Å². The van der Waals surface area contributed by atoms with Crippen molar-refractivity contribution in [1.82, 2.24) is 15.0 Å². The third kappa shape index (κ3) is 3.44. The minimum Gasteiger partial charge on any atom is -0.494 e. The summed E-state index contributed by atoms with van der Waals surface area (Å²) < 4.78 is 7.10. The van der Waals surface area contributed by atoms with Crippen LogP contribution in [-0.2, 0) is 13.0 Å². The molecule has 0 aliphatic heterocycles. The maximum atomic E-state index is 11.5. The number of hydrogen-bond acceptors (Lipinski definition) is 6. The van der Waals surface area contributed by atoms with Crippen molar-refractivity contribution in [3.63, 3.8) is 0 Å². The fourth-order valence-electron chi connectivity index (χ4n) is 2.80. The van der Waals surface area contributed by atoms with Gasteiger partial charge in [0.05, 0.1) is 30.6 Å². The molecule has 0 fully saturated rings. The number of methoxy groups -OCH3 is 1. The highest BCUT2D eigenvalue weighted by atomic mass is 16.5. The van der Waals surface area contributed by atoms with Gasteiger partial charge >= 0.3 is 0 Å². The number of hydrogen-bond donors (Lipinski definition) is 3. The van der Waals surface area contributed by atoms with E-state index in [1.165, 1.54) is 13.2 Å². The Bertz CT molecular complexity index is 936. The Morgan fingerprint density at radius 3 is 2.62 bits per heavy atom. The molecule has 1 aromatic heterocycles. The summed E-state index contributed by atoms with van der Waals surface area (Å²) in [5.74, 6) is -0.329. The van der Waals surface area contributed by atoms with Gasteiger partial charge < -0.3 is 21.9 Å². The quantitative estimate of drug-likeness (QED) is 0.570. The number of carbonyl (C=O) groups is 1. The molecule has 8 nitrogen and oxygen atoms in total. The summed E-state index contributed by atoms with van der Waals surface area (Å²) >= 11 is 0. The first-order valence-electron chi connectivity index (χ1n) is 7.97. The molecule has 8 heteroatoms. The minimum absolute atomic E-state index is 0.135. The summed E-state index contributed by atoms with van der Waals surface area (Å²) in [5, 5.41) is 8.32. The molecule has 0 bridgehead atoms. The largest absolute Gasteiger partial charge is 0.494 e. The van der Waals surface area contributed by atoms with Gasteiger partial charge in [-0.3, -0.25) is 4.79 Å². The summed E-state index contributed by atoms with van der Waals surface area (Å²) in [6.07, 6.45) is 2.21. The molecule has 26 heavy (non-hydrogen) atoms. The second-order valence-electron chi connectivity index (χ2n) is 5.87. The van der Waals surface area contributed by atoms with E-state index in [1.54, 1.807) is 4.68 Å². The third-order valence-electron chi connectivity index (χ3n) is 4.06. The van der Waals surface area contributed by atoms with Gasteiger partial charge in [0, 0.05) is 23.9 Å². The van der Waals surface area contributed by atoms with Gasteiger partial charge in [-0.15, -0.1) is 5.10 Å². The van der Waals surface area contributed by atoms with E-state index in [0.29, 0.717) is 35.7 Å². The third-order valence-corrected chi connectivity index (χ3v) is 4.06. The Morgan fingerprint density at radius 2 is 1.96 bits per heavy atom. The zero-order valence-electron chi connectivity index (χ0n) is 14.3. The van der Waals surface area contributed by atoms with Gasteiger partial charge in [-0.2, -0.15) is 0 Å². The van der Waals surface area contributed by atoms with Gasteiger partial charge in [0.2, 0.25) is 0 Å². The average Bonchev–Trinajstić information content (AvgIpc) is 3.05. The first kappa shape index (κ1) is 17.3. The van der Waals surface area contributed by atoms with Crippen molar-refractivity contribution in [1.29, 1.82) is 0 Å². The molecule has 134 valence electrons. The summed E-state index contributed by atoms with van der Waals surface area (Å²) in [7, 11) is 1.46. The lowest BCUT2D eigenvalue weighted by Crippen LogP contribution is -2.16. The van der Waals surface area contributed by atoms with Crippen molar-refractivity contribution < 1.29 is 9.53 Å². The summed E-state index contributed by atoms with van der Waals surface area (Å²) in [6, 6.07) is 11.4. The molecule has 0 spiro atoms. The number of rotatable bonds is 6. The summed E-state index contributed by atoms with van der Waals surface area (Å²) in [4.78, 5) is 11.5. The number of benzene rings is 2. The summed E-state index contributed by atoms with van der Waals surface area (Å²) in [5.41, 5.74) is 20.6. The number of nitrogens with two attached hydrogens (primary N) is 3. The van der Waals surface area contributed by atoms with Crippen LogP contribution < -0.4 is 21.9 Å². The zero-order chi connectivity index (χ0) is 18.7. The number of primary amides is 1. The van der Waals surface area contributed by atoms with Gasteiger partial charge in [0.25, 0.3) is 5.91 Å². The number of anilines is 2. The topological polar surface area (TPSA) is 135 Å². The zero-order valence-corrected chi connectivity index (χ0v) is 14.3. The van der Waals surface area contributed by atoms with Crippen molar-refractivity contribution in [3.05, 3.63) is 65.0 Å². The van der Waals surface area contributed by atoms with Gasteiger partial charge in [-0.1, -0.05) is 35.5 Å². The van der Waals surface area contributed by atoms with Gasteiger partial charge in [-0.05, 0) is 11.6 Å². The fourth-order valence-corrected chi connectivity index (χ4v) is 2.80. The van der Waals surface area contributed by atoms with Gasteiger partial charge in [0.15, 0.2) is 0 Å². The number of nitrogen functional groups attached to an aromatic ring is 2. The van der Waals surface area contributed by atoms with Crippen molar-refractivity contribution in [2.45, 2.75) is 13.0 Å². The van der Waals surface area contributed by atoms with Crippen LogP contribution in [0.2, 0.25) is 0 Å². The average molecular weight is 352 g/mol. The molecule has 1 heterocycles. The Kier molecular flexibility index (Phi) is 4.74. The standard InChI is InChI=1S/C18H20N6O2/c1-26-17-13(15(19)8-14(16(17)20)18(21)25)7-12-10-24(23-22-12)9-11-5-3-2-4-6-11/h2-6,8,10H,7,9,19-20H2,1H3,(H2,21,25). The Morgan fingerprint density at radius 1 is 1.23 bits per heavy atom. The molecule has 0 unspecified atom stereocenters. The second-order valence-corrected chi connectivity index (χ2v) is 5.87. The van der Waals surface area contributed by atoms with Crippen LogP contribution in [0.4, 0.5) is 11.4 Å². The number of amides is 1. The molecule has 1 amide bonds. The Labute approximate surface area is 150 Å². The van der Waals surface area contributed by atoms with Crippen molar-refractivity contribution in [2.24, 2.45) is 5.73 Å². The molecule has 0 radical (unpaired) electrons. The van der Waals surface area contributed by atoms with Gasteiger partial charge in [-0.25, -0.2) is 4.68 Å². The molecule has 0 aliphatic rings. The first-order chi connectivity index (χ1) is 12.5. The number of nitrogens with zero attached hydrogens (tertiary/aromatic N) is 3. The number of carbonyl (C=O) groups excluding carboxylic acids is 1. The van der Waals surface area contributed by atoms with E-state index in [-0.39, 0.29) is 11.3 Å². The van der Waals surface area contributed by atoms with Crippen LogP contribution in [0.5, 0.6) is 5.75 Å². The predicted molar refractivity (Wildman–Crippen MR) is 98.7 cm³/mol. The van der Waals surface area contributed by atoms with Crippen LogP contribution in [0, 0.1) is 0 Å². The lowest BCUT2D eigenvalue weighted by molar-refractivity contribution is 0.100. The maximum absolute atomic E-state index is 11.5. The number of ether oxygens (including phenoxy) is 1. The molecule has 0 saturated carbocycles. The first-order valence-corrected chi connectivity index (χ1v) is 7.97. The molecule has 3 aromatic rings. The Hall–Kier alpha value is -3.55. The van der Waals surface area contributed by atoms with E-state index in [9.17, 15) is 4.79 Å². The van der Waals surface area contributed by atoms with E-state index in [0.717, 1.165) is 5.56 Å². The van der Waals surface area contributed by atoms with Crippen LogP contribution >= 0.6 is 0 Å². The van der Waals surface area contributed by atoms with Crippen LogP contribution in [0.25, 0.3) is 0 Å². The molecule has 3 rings (SSSR count). The smallest absolute Gasteiger partial charge is 0.251 e. The lowest BCUT2D eigenvalue weighted by atomic mass is 10.0. The SMILES string of the molecule is COc1c(N)c(C(N)=O)cc(N)c1Cc1cn(Cc2ccccc2)nn1. The molecular formula is C18H20N6O2. The van der Waals surface area contributed by atoms with E-state index in [4.69, 9.17) is 21.9 Å². The van der Waals surface area contributed by atoms with Crippen LogP contribution in [0.15, 0.2) is 42.6 Å². The highest BCUT2D eigenvalue weighted by Gasteiger charge is 2.19. The lowest BCUT2D eigenvalue weighted by Gasteiger charge is -2.15. The normalized spacial score (nSPS) is 10.7. The fraction of sp³-hybridized carbons (Fsp3) is 0.167. The number of aromatic nitrogens is 3. The molecule has 2 aromatic carbocycles.